The maximum atomic E-state index is 13.3. The van der Waals surface area contributed by atoms with Gasteiger partial charge in [0.05, 0.1) is 25.2 Å². The first-order valence-corrected chi connectivity index (χ1v) is 29.4. The van der Waals surface area contributed by atoms with E-state index in [1.807, 2.05) is 0 Å². The SMILES string of the molecule is CCCCCCC/C=C/C=C/C=C/CCCCCCCC(=O)OC(CCCCCCCCC/C=C/CCCCCCCC)CC(=O)NC(CO)C(O)CCCCCCCCCCCCCCC. The Kier molecular flexibility index (Phi) is 53.0. The monoisotopic (exact) mass is 940 g/mol. The highest BCUT2D eigenvalue weighted by atomic mass is 16.5. The Balaban J connectivity index is 4.60. The fourth-order valence-corrected chi connectivity index (χ4v) is 8.96. The standard InChI is InChI=1S/C61H113NO5/c1-4-7-10-13-16-19-22-25-27-29-31-33-36-39-42-45-48-51-54-61(66)67-57(52-49-46-43-40-37-35-32-30-28-26-23-20-17-14-11-8-5-2)55-60(65)62-58(56-63)59(64)53-50-47-44-41-38-34-24-21-18-15-12-9-6-3/h22,25-29,31,33,57-59,63-64H,4-21,23-24,30,32,34-56H2,1-3H3,(H,62,65)/b25-22+,28-26+,29-27+,33-31+. The molecule has 1 amide bonds. The summed E-state index contributed by atoms with van der Waals surface area (Å²) in [6, 6.07) is -0.708. The Morgan fingerprint density at radius 2 is 0.776 bits per heavy atom. The van der Waals surface area contributed by atoms with Crippen molar-refractivity contribution in [3.63, 3.8) is 0 Å². The van der Waals surface area contributed by atoms with Crippen LogP contribution in [0.15, 0.2) is 48.6 Å². The average molecular weight is 941 g/mol. The minimum Gasteiger partial charge on any atom is -0.462 e. The highest BCUT2D eigenvalue weighted by Crippen LogP contribution is 2.18. The summed E-state index contributed by atoms with van der Waals surface area (Å²) < 4.78 is 5.96. The highest BCUT2D eigenvalue weighted by molar-refractivity contribution is 5.77. The minimum atomic E-state index is -0.793. The van der Waals surface area contributed by atoms with Gasteiger partial charge >= 0.3 is 5.97 Å². The Hall–Kier alpha value is -2.18. The third-order valence-corrected chi connectivity index (χ3v) is 13.4. The van der Waals surface area contributed by atoms with Crippen LogP contribution in [0.3, 0.4) is 0 Å². The molecule has 0 aliphatic rings. The molecule has 0 aliphatic heterocycles. The second-order valence-corrected chi connectivity index (χ2v) is 20.1. The van der Waals surface area contributed by atoms with E-state index in [-0.39, 0.29) is 24.9 Å². The van der Waals surface area contributed by atoms with Crippen LogP contribution < -0.4 is 5.32 Å². The van der Waals surface area contributed by atoms with Crippen LogP contribution in [0.4, 0.5) is 0 Å². The smallest absolute Gasteiger partial charge is 0.306 e. The number of carbonyl (C=O) groups excluding carboxylic acids is 2. The van der Waals surface area contributed by atoms with Gasteiger partial charge in [-0.1, -0.05) is 262 Å². The number of esters is 1. The van der Waals surface area contributed by atoms with E-state index in [9.17, 15) is 19.8 Å². The van der Waals surface area contributed by atoms with Crippen molar-refractivity contribution in [1.29, 1.82) is 0 Å². The number of nitrogens with one attached hydrogen (secondary N) is 1. The second kappa shape index (κ2) is 54.8. The van der Waals surface area contributed by atoms with Crippen molar-refractivity contribution in [2.75, 3.05) is 6.61 Å². The maximum absolute atomic E-state index is 13.3. The lowest BCUT2D eigenvalue weighted by Crippen LogP contribution is -2.46. The van der Waals surface area contributed by atoms with Crippen LogP contribution >= 0.6 is 0 Å². The van der Waals surface area contributed by atoms with E-state index in [1.54, 1.807) is 0 Å². The van der Waals surface area contributed by atoms with E-state index in [0.717, 1.165) is 77.0 Å². The number of aliphatic hydroxyl groups excluding tert-OH is 2. The van der Waals surface area contributed by atoms with Crippen LogP contribution in [0.25, 0.3) is 0 Å². The first kappa shape index (κ1) is 64.8. The summed E-state index contributed by atoms with van der Waals surface area (Å²) in [4.78, 5) is 26.3. The van der Waals surface area contributed by atoms with Gasteiger partial charge in [-0.05, 0) is 77.0 Å². The molecule has 0 aliphatic carbocycles. The molecule has 6 heteroatoms. The number of carbonyl (C=O) groups is 2. The molecule has 3 unspecified atom stereocenters. The van der Waals surface area contributed by atoms with Crippen molar-refractivity contribution in [3.8, 4) is 0 Å². The number of aliphatic hydroxyl groups is 2. The van der Waals surface area contributed by atoms with E-state index in [0.29, 0.717) is 19.3 Å². The molecule has 0 saturated heterocycles. The van der Waals surface area contributed by atoms with Crippen LogP contribution in [0, 0.1) is 0 Å². The maximum Gasteiger partial charge on any atom is 0.306 e. The highest BCUT2D eigenvalue weighted by Gasteiger charge is 2.24. The van der Waals surface area contributed by atoms with Crippen LogP contribution in [0.5, 0.6) is 0 Å². The van der Waals surface area contributed by atoms with Crippen LogP contribution in [0.1, 0.15) is 303 Å². The predicted molar refractivity (Wildman–Crippen MR) is 292 cm³/mol. The summed E-state index contributed by atoms with van der Waals surface area (Å²) in [6.45, 7) is 6.49. The van der Waals surface area contributed by atoms with Crippen LogP contribution in [0.2, 0.25) is 0 Å². The summed E-state index contributed by atoms with van der Waals surface area (Å²) in [5.41, 5.74) is 0. The molecule has 392 valence electrons. The van der Waals surface area contributed by atoms with Crippen LogP contribution in [-0.4, -0.2) is 46.9 Å². The number of rotatable bonds is 53. The number of allylic oxidation sites excluding steroid dienone is 8. The Bertz CT molecular complexity index is 1150. The number of ether oxygens (including phenoxy) is 1. The lowest BCUT2D eigenvalue weighted by atomic mass is 10.0. The molecule has 0 saturated carbocycles. The molecule has 0 aromatic rings. The summed E-state index contributed by atoms with van der Waals surface area (Å²) >= 11 is 0. The quantitative estimate of drug-likeness (QED) is 0.0244. The normalized spacial score (nSPS) is 13.4. The molecular weight excluding hydrogens is 827 g/mol. The lowest BCUT2D eigenvalue weighted by Gasteiger charge is -2.24. The summed E-state index contributed by atoms with van der Waals surface area (Å²) in [6.07, 6.45) is 67.4. The predicted octanol–water partition coefficient (Wildman–Crippen LogP) is 18.2. The van der Waals surface area contributed by atoms with E-state index in [4.69, 9.17) is 4.74 Å². The van der Waals surface area contributed by atoms with Crippen molar-refractivity contribution >= 4 is 11.9 Å². The zero-order valence-corrected chi connectivity index (χ0v) is 44.8. The summed E-state index contributed by atoms with van der Waals surface area (Å²) in [5.74, 6) is -0.489. The molecule has 0 bridgehead atoms. The first-order valence-electron chi connectivity index (χ1n) is 29.4. The molecule has 3 atom stereocenters. The molecule has 0 radical (unpaired) electrons. The van der Waals surface area contributed by atoms with Crippen molar-refractivity contribution < 1.29 is 24.5 Å². The number of amides is 1. The summed E-state index contributed by atoms with van der Waals surface area (Å²) in [7, 11) is 0. The van der Waals surface area contributed by atoms with Gasteiger partial charge in [-0.3, -0.25) is 9.59 Å². The van der Waals surface area contributed by atoms with Gasteiger partial charge in [-0.25, -0.2) is 0 Å². The third-order valence-electron chi connectivity index (χ3n) is 13.4. The zero-order chi connectivity index (χ0) is 48.8. The Labute approximate surface area is 416 Å². The van der Waals surface area contributed by atoms with E-state index >= 15 is 0 Å². The summed E-state index contributed by atoms with van der Waals surface area (Å²) in [5, 5.41) is 23.9. The number of unbranched alkanes of at least 4 members (excludes halogenated alkanes) is 35. The van der Waals surface area contributed by atoms with E-state index < -0.39 is 18.2 Å². The number of hydrogen-bond acceptors (Lipinski definition) is 5. The molecule has 0 heterocycles. The van der Waals surface area contributed by atoms with Gasteiger partial charge < -0.3 is 20.3 Å². The molecule has 0 aromatic heterocycles. The van der Waals surface area contributed by atoms with Gasteiger partial charge in [0.25, 0.3) is 0 Å². The number of hydrogen-bond donors (Lipinski definition) is 3. The van der Waals surface area contributed by atoms with Gasteiger partial charge in [0, 0.05) is 6.42 Å². The fraction of sp³-hybridized carbons (Fsp3) is 0.836. The molecule has 67 heavy (non-hydrogen) atoms. The van der Waals surface area contributed by atoms with Crippen molar-refractivity contribution in [2.24, 2.45) is 0 Å². The van der Waals surface area contributed by atoms with Gasteiger partial charge in [-0.15, -0.1) is 0 Å². The molecule has 0 aromatic carbocycles. The second-order valence-electron chi connectivity index (χ2n) is 20.1. The largest absolute Gasteiger partial charge is 0.462 e. The molecule has 3 N–H and O–H groups in total. The Morgan fingerprint density at radius 3 is 1.18 bits per heavy atom. The van der Waals surface area contributed by atoms with Crippen molar-refractivity contribution in [3.05, 3.63) is 48.6 Å². The van der Waals surface area contributed by atoms with Gasteiger partial charge in [0.15, 0.2) is 0 Å². The van der Waals surface area contributed by atoms with E-state index in [1.165, 1.54) is 180 Å². The van der Waals surface area contributed by atoms with E-state index in [2.05, 4.69) is 74.7 Å². The van der Waals surface area contributed by atoms with Crippen molar-refractivity contribution in [1.82, 2.24) is 5.32 Å². The molecule has 6 nitrogen and oxygen atoms in total. The molecule has 0 fully saturated rings. The van der Waals surface area contributed by atoms with Gasteiger partial charge in [0.2, 0.25) is 5.91 Å². The third kappa shape index (κ3) is 50.0. The molecular formula is C61H113NO5. The topological polar surface area (TPSA) is 95.9 Å². The minimum absolute atomic E-state index is 0.0677. The molecule has 0 rings (SSSR count). The van der Waals surface area contributed by atoms with Gasteiger partial charge in [0.1, 0.15) is 6.10 Å². The zero-order valence-electron chi connectivity index (χ0n) is 44.8. The Morgan fingerprint density at radius 1 is 0.433 bits per heavy atom. The first-order chi connectivity index (χ1) is 33.0. The van der Waals surface area contributed by atoms with Gasteiger partial charge in [-0.2, -0.15) is 0 Å². The molecule has 0 spiro atoms. The average Bonchev–Trinajstić information content (AvgIpc) is 3.32. The van der Waals surface area contributed by atoms with Crippen LogP contribution in [-0.2, 0) is 14.3 Å². The van der Waals surface area contributed by atoms with Crippen molar-refractivity contribution in [2.45, 2.75) is 322 Å². The lowest BCUT2D eigenvalue weighted by molar-refractivity contribution is -0.151. The fourth-order valence-electron chi connectivity index (χ4n) is 8.96.